The molecule has 0 N–H and O–H groups in total. The van der Waals surface area contributed by atoms with Crippen molar-refractivity contribution in [3.05, 3.63) is 23.1 Å². The van der Waals surface area contributed by atoms with E-state index in [4.69, 9.17) is 23.2 Å². The van der Waals surface area contributed by atoms with Crippen LogP contribution < -0.4 is 4.90 Å². The molecule has 94 valence electrons. The second-order valence-corrected chi connectivity index (χ2v) is 5.05. The van der Waals surface area contributed by atoms with Crippen LogP contribution >= 0.6 is 23.2 Å². The molecular weight excluding hydrogens is 262 g/mol. The molecule has 1 atom stereocenters. The third kappa shape index (κ3) is 3.02. The fourth-order valence-corrected chi connectivity index (χ4v) is 2.70. The summed E-state index contributed by atoms with van der Waals surface area (Å²) in [5.41, 5.74) is 0. The molecule has 0 aromatic carbocycles. The first-order valence-electron chi connectivity index (χ1n) is 5.86. The zero-order valence-electron chi connectivity index (χ0n) is 9.50. The van der Waals surface area contributed by atoms with E-state index in [9.17, 15) is 4.39 Å². The van der Waals surface area contributed by atoms with Gasteiger partial charge in [0.15, 0.2) is 11.6 Å². The number of aromatic nitrogens is 1. The minimum absolute atomic E-state index is 0.169. The molecule has 1 aromatic rings. The fraction of sp³-hybridized carbons (Fsp3) is 0.583. The standard InChI is InChI=1S/C12H15Cl2FN2/c13-7-10-4-2-1-3-5-17(10)12-11(15)6-9(14)8-16-12/h6,8,10H,1-5,7H2. The SMILES string of the molecule is Fc1cc(Cl)cnc1N1CCCCCC1CCl. The van der Waals surface area contributed by atoms with Crippen LogP contribution in [-0.2, 0) is 0 Å². The highest BCUT2D eigenvalue weighted by molar-refractivity contribution is 6.30. The molecule has 0 spiro atoms. The minimum Gasteiger partial charge on any atom is -0.350 e. The minimum atomic E-state index is -0.366. The van der Waals surface area contributed by atoms with Crippen LogP contribution in [0.1, 0.15) is 25.7 Å². The predicted molar refractivity (Wildman–Crippen MR) is 69.5 cm³/mol. The number of halogens is 3. The molecule has 2 heterocycles. The molecule has 1 unspecified atom stereocenters. The fourth-order valence-electron chi connectivity index (χ4n) is 2.24. The summed E-state index contributed by atoms with van der Waals surface area (Å²) in [6.45, 7) is 0.808. The summed E-state index contributed by atoms with van der Waals surface area (Å²) in [6, 6.07) is 1.47. The van der Waals surface area contributed by atoms with E-state index in [1.807, 2.05) is 4.90 Å². The van der Waals surface area contributed by atoms with E-state index in [0.717, 1.165) is 25.8 Å². The molecule has 0 radical (unpaired) electrons. The molecule has 0 aliphatic carbocycles. The Morgan fingerprint density at radius 1 is 1.41 bits per heavy atom. The highest BCUT2D eigenvalue weighted by Crippen LogP contribution is 2.26. The number of hydrogen-bond donors (Lipinski definition) is 0. The van der Waals surface area contributed by atoms with Crippen LogP contribution in [0, 0.1) is 5.82 Å². The molecular formula is C12H15Cl2FN2. The second kappa shape index (κ2) is 5.87. The van der Waals surface area contributed by atoms with Crippen LogP contribution in [0.15, 0.2) is 12.3 Å². The Morgan fingerprint density at radius 2 is 2.24 bits per heavy atom. The Labute approximate surface area is 111 Å². The molecule has 17 heavy (non-hydrogen) atoms. The van der Waals surface area contributed by atoms with Crippen molar-refractivity contribution in [2.75, 3.05) is 17.3 Å². The Balaban J connectivity index is 2.28. The summed E-state index contributed by atoms with van der Waals surface area (Å²) in [5, 5.41) is 0.323. The summed E-state index contributed by atoms with van der Waals surface area (Å²) in [6.07, 6.45) is 5.84. The lowest BCUT2D eigenvalue weighted by Gasteiger charge is -2.29. The number of anilines is 1. The maximum absolute atomic E-state index is 13.8. The van der Waals surface area contributed by atoms with E-state index >= 15 is 0 Å². The molecule has 0 saturated carbocycles. The van der Waals surface area contributed by atoms with Gasteiger partial charge in [-0.15, -0.1) is 11.6 Å². The van der Waals surface area contributed by atoms with Gasteiger partial charge in [0.05, 0.1) is 5.02 Å². The van der Waals surface area contributed by atoms with Crippen molar-refractivity contribution in [3.8, 4) is 0 Å². The van der Waals surface area contributed by atoms with Crippen molar-refractivity contribution in [3.63, 3.8) is 0 Å². The smallest absolute Gasteiger partial charge is 0.167 e. The van der Waals surface area contributed by atoms with Gasteiger partial charge in [0.25, 0.3) is 0 Å². The molecule has 1 fully saturated rings. The van der Waals surface area contributed by atoms with E-state index in [2.05, 4.69) is 4.98 Å². The van der Waals surface area contributed by atoms with Crippen LogP contribution in [0.2, 0.25) is 5.02 Å². The highest BCUT2D eigenvalue weighted by atomic mass is 35.5. The monoisotopic (exact) mass is 276 g/mol. The van der Waals surface area contributed by atoms with Crippen molar-refractivity contribution in [1.82, 2.24) is 4.98 Å². The van der Waals surface area contributed by atoms with Gasteiger partial charge < -0.3 is 4.90 Å². The van der Waals surface area contributed by atoms with Gasteiger partial charge >= 0.3 is 0 Å². The van der Waals surface area contributed by atoms with Gasteiger partial charge in [-0.1, -0.05) is 24.4 Å². The first-order chi connectivity index (χ1) is 8.22. The Kier molecular flexibility index (Phi) is 4.46. The normalized spacial score (nSPS) is 21.4. The van der Waals surface area contributed by atoms with E-state index in [0.29, 0.717) is 16.7 Å². The number of nitrogens with zero attached hydrogens (tertiary/aromatic N) is 2. The molecule has 5 heteroatoms. The van der Waals surface area contributed by atoms with Gasteiger partial charge in [-0.2, -0.15) is 0 Å². The van der Waals surface area contributed by atoms with Gasteiger partial charge in [-0.25, -0.2) is 9.37 Å². The highest BCUT2D eigenvalue weighted by Gasteiger charge is 2.23. The topological polar surface area (TPSA) is 16.1 Å². The molecule has 2 nitrogen and oxygen atoms in total. The van der Waals surface area contributed by atoms with Gasteiger partial charge in [0.1, 0.15) is 0 Å². The van der Waals surface area contributed by atoms with Gasteiger partial charge in [0.2, 0.25) is 0 Å². The molecule has 2 rings (SSSR count). The number of hydrogen-bond acceptors (Lipinski definition) is 2. The first kappa shape index (κ1) is 12.9. The van der Waals surface area contributed by atoms with E-state index in [1.54, 1.807) is 0 Å². The summed E-state index contributed by atoms with van der Waals surface area (Å²) in [4.78, 5) is 6.08. The summed E-state index contributed by atoms with van der Waals surface area (Å²) >= 11 is 11.7. The average molecular weight is 277 g/mol. The predicted octanol–water partition coefficient (Wildman–Crippen LogP) is 3.86. The Bertz CT molecular complexity index is 387. The zero-order chi connectivity index (χ0) is 12.3. The largest absolute Gasteiger partial charge is 0.350 e. The van der Waals surface area contributed by atoms with E-state index in [-0.39, 0.29) is 11.9 Å². The summed E-state index contributed by atoms with van der Waals surface area (Å²) in [5.74, 6) is 0.514. The quantitative estimate of drug-likeness (QED) is 0.763. The molecule has 1 saturated heterocycles. The summed E-state index contributed by atoms with van der Waals surface area (Å²) in [7, 11) is 0. The maximum atomic E-state index is 13.8. The van der Waals surface area contributed by atoms with Crippen LogP contribution in [0.25, 0.3) is 0 Å². The average Bonchev–Trinajstić information content (AvgIpc) is 2.54. The Hall–Kier alpha value is -0.540. The van der Waals surface area contributed by atoms with Gasteiger partial charge in [-0.3, -0.25) is 0 Å². The Morgan fingerprint density at radius 3 is 2.94 bits per heavy atom. The zero-order valence-corrected chi connectivity index (χ0v) is 11.0. The van der Waals surface area contributed by atoms with Crippen LogP contribution in [0.3, 0.4) is 0 Å². The van der Waals surface area contributed by atoms with Crippen molar-refractivity contribution in [2.24, 2.45) is 0 Å². The van der Waals surface area contributed by atoms with Crippen molar-refractivity contribution in [1.29, 1.82) is 0 Å². The van der Waals surface area contributed by atoms with E-state index < -0.39 is 0 Å². The molecule has 0 bridgehead atoms. The lowest BCUT2D eigenvalue weighted by Crippen LogP contribution is -2.37. The molecule has 1 aliphatic heterocycles. The van der Waals surface area contributed by atoms with Crippen molar-refractivity contribution in [2.45, 2.75) is 31.7 Å². The maximum Gasteiger partial charge on any atom is 0.167 e. The van der Waals surface area contributed by atoms with Crippen molar-refractivity contribution >= 4 is 29.0 Å². The third-order valence-corrected chi connectivity index (χ3v) is 3.68. The summed E-state index contributed by atoms with van der Waals surface area (Å²) < 4.78 is 13.8. The molecule has 0 amide bonds. The van der Waals surface area contributed by atoms with Gasteiger partial charge in [0, 0.05) is 24.7 Å². The molecule has 1 aliphatic rings. The number of alkyl halides is 1. The van der Waals surface area contributed by atoms with Crippen LogP contribution in [0.4, 0.5) is 10.2 Å². The van der Waals surface area contributed by atoms with Gasteiger partial charge in [-0.05, 0) is 18.9 Å². The second-order valence-electron chi connectivity index (χ2n) is 4.31. The lowest BCUT2D eigenvalue weighted by molar-refractivity contribution is 0.574. The first-order valence-corrected chi connectivity index (χ1v) is 6.77. The van der Waals surface area contributed by atoms with E-state index in [1.165, 1.54) is 18.7 Å². The lowest BCUT2D eigenvalue weighted by atomic mass is 10.1. The van der Waals surface area contributed by atoms with Crippen LogP contribution in [-0.4, -0.2) is 23.5 Å². The number of rotatable bonds is 2. The molecule has 1 aromatic heterocycles. The van der Waals surface area contributed by atoms with Crippen LogP contribution in [0.5, 0.6) is 0 Å². The number of pyridine rings is 1. The third-order valence-electron chi connectivity index (χ3n) is 3.12. The van der Waals surface area contributed by atoms with Crippen molar-refractivity contribution < 1.29 is 4.39 Å².